The molecule has 0 aromatic heterocycles. The van der Waals surface area contributed by atoms with E-state index >= 15 is 0 Å². The van der Waals surface area contributed by atoms with Crippen molar-refractivity contribution in [1.82, 2.24) is 0 Å². The van der Waals surface area contributed by atoms with Gasteiger partial charge in [0, 0.05) is 4.83 Å². The Morgan fingerprint density at radius 1 is 1.36 bits per heavy atom. The summed E-state index contributed by atoms with van der Waals surface area (Å²) in [7, 11) is 0. The van der Waals surface area contributed by atoms with Crippen LogP contribution in [0.4, 0.5) is 4.39 Å². The third kappa shape index (κ3) is 1.85. The number of rotatable bonds is 1. The minimum atomic E-state index is -0.129. The molecule has 1 aliphatic rings. The molecule has 1 saturated carbocycles. The molecule has 0 radical (unpaired) electrons. The first kappa shape index (κ1) is 10.2. The average molecular weight is 257 g/mol. The molecule has 0 spiro atoms. The lowest BCUT2D eigenvalue weighted by molar-refractivity contribution is 0.623. The van der Waals surface area contributed by atoms with E-state index in [1.807, 2.05) is 13.0 Å². The molecule has 0 heterocycles. The van der Waals surface area contributed by atoms with E-state index in [1.54, 1.807) is 12.1 Å². The molecule has 0 amide bonds. The Hall–Kier alpha value is -0.370. The van der Waals surface area contributed by atoms with E-state index in [2.05, 4.69) is 15.9 Å². The van der Waals surface area contributed by atoms with Gasteiger partial charge in [-0.25, -0.2) is 4.39 Å². The molecule has 2 unspecified atom stereocenters. The van der Waals surface area contributed by atoms with E-state index in [9.17, 15) is 4.39 Å². The van der Waals surface area contributed by atoms with E-state index in [0.29, 0.717) is 10.7 Å². The average Bonchev–Trinajstić information content (AvgIpc) is 2.52. The van der Waals surface area contributed by atoms with Gasteiger partial charge >= 0.3 is 0 Å². The van der Waals surface area contributed by atoms with Crippen LogP contribution in [0, 0.1) is 12.7 Å². The van der Waals surface area contributed by atoms with Crippen molar-refractivity contribution >= 4 is 15.9 Å². The first-order chi connectivity index (χ1) is 6.68. The largest absolute Gasteiger partial charge is 0.207 e. The zero-order valence-electron chi connectivity index (χ0n) is 8.26. The number of hydrogen-bond acceptors (Lipinski definition) is 0. The fourth-order valence-electron chi connectivity index (χ4n) is 2.32. The van der Waals surface area contributed by atoms with Crippen molar-refractivity contribution in [1.29, 1.82) is 0 Å². The highest BCUT2D eigenvalue weighted by Gasteiger charge is 2.27. The fraction of sp³-hybridized carbons (Fsp3) is 0.500. The van der Waals surface area contributed by atoms with E-state index < -0.39 is 0 Å². The molecule has 1 fully saturated rings. The van der Waals surface area contributed by atoms with Crippen molar-refractivity contribution in [2.75, 3.05) is 0 Å². The second-order valence-corrected chi connectivity index (χ2v) is 5.23. The molecule has 2 atom stereocenters. The highest BCUT2D eigenvalue weighted by Crippen LogP contribution is 2.40. The van der Waals surface area contributed by atoms with Crippen molar-refractivity contribution in [3.63, 3.8) is 0 Å². The van der Waals surface area contributed by atoms with Crippen LogP contribution < -0.4 is 0 Å². The molecule has 0 saturated heterocycles. The molecule has 0 nitrogen and oxygen atoms in total. The topological polar surface area (TPSA) is 0 Å². The number of hydrogen-bond donors (Lipinski definition) is 0. The van der Waals surface area contributed by atoms with Gasteiger partial charge in [0.05, 0.1) is 0 Å². The molecule has 1 aromatic carbocycles. The lowest BCUT2D eigenvalue weighted by atomic mass is 9.93. The maximum Gasteiger partial charge on any atom is 0.123 e. The summed E-state index contributed by atoms with van der Waals surface area (Å²) < 4.78 is 12.9. The second kappa shape index (κ2) is 4.01. The lowest BCUT2D eigenvalue weighted by Gasteiger charge is -2.16. The van der Waals surface area contributed by atoms with Gasteiger partial charge in [0.25, 0.3) is 0 Å². The van der Waals surface area contributed by atoms with Crippen LogP contribution in [0.1, 0.15) is 36.3 Å². The molecule has 76 valence electrons. The molecule has 0 N–H and O–H groups in total. The highest BCUT2D eigenvalue weighted by molar-refractivity contribution is 9.09. The first-order valence-corrected chi connectivity index (χ1v) is 6.00. The van der Waals surface area contributed by atoms with Crippen molar-refractivity contribution in [3.05, 3.63) is 35.1 Å². The summed E-state index contributed by atoms with van der Waals surface area (Å²) >= 11 is 3.70. The van der Waals surface area contributed by atoms with Gasteiger partial charge in [-0.15, -0.1) is 0 Å². The van der Waals surface area contributed by atoms with Crippen LogP contribution in [0.25, 0.3) is 0 Å². The maximum absolute atomic E-state index is 12.9. The Bertz CT molecular complexity index is 335. The molecule has 14 heavy (non-hydrogen) atoms. The summed E-state index contributed by atoms with van der Waals surface area (Å²) in [6.45, 7) is 2.00. The van der Waals surface area contributed by atoms with Gasteiger partial charge in [-0.3, -0.25) is 0 Å². The Kier molecular flexibility index (Phi) is 2.91. The van der Waals surface area contributed by atoms with Crippen LogP contribution in [-0.2, 0) is 0 Å². The summed E-state index contributed by atoms with van der Waals surface area (Å²) in [6, 6.07) is 5.14. The Morgan fingerprint density at radius 3 is 2.71 bits per heavy atom. The third-order valence-electron chi connectivity index (χ3n) is 3.06. The quantitative estimate of drug-likeness (QED) is 0.662. The molecule has 0 aliphatic heterocycles. The van der Waals surface area contributed by atoms with Gasteiger partial charge < -0.3 is 0 Å². The van der Waals surface area contributed by atoms with Crippen molar-refractivity contribution in [2.45, 2.75) is 36.9 Å². The highest BCUT2D eigenvalue weighted by atomic mass is 79.9. The van der Waals surface area contributed by atoms with Crippen LogP contribution in [0.15, 0.2) is 18.2 Å². The third-order valence-corrected chi connectivity index (χ3v) is 4.16. The molecule has 2 heteroatoms. The minimum Gasteiger partial charge on any atom is -0.207 e. The van der Waals surface area contributed by atoms with E-state index in [0.717, 1.165) is 5.56 Å². The van der Waals surface area contributed by atoms with Crippen LogP contribution in [0.5, 0.6) is 0 Å². The molecule has 2 rings (SSSR count). The molecule has 0 bridgehead atoms. The van der Waals surface area contributed by atoms with Crippen LogP contribution in [0.2, 0.25) is 0 Å². The van der Waals surface area contributed by atoms with Crippen molar-refractivity contribution in [3.8, 4) is 0 Å². The Morgan fingerprint density at radius 2 is 2.14 bits per heavy atom. The van der Waals surface area contributed by atoms with Gasteiger partial charge in [-0.2, -0.15) is 0 Å². The smallest absolute Gasteiger partial charge is 0.123 e. The number of benzene rings is 1. The van der Waals surface area contributed by atoms with Gasteiger partial charge in [-0.05, 0) is 48.9 Å². The summed E-state index contributed by atoms with van der Waals surface area (Å²) in [6.07, 6.45) is 3.74. The molecule has 1 aromatic rings. The summed E-state index contributed by atoms with van der Waals surface area (Å²) in [5, 5.41) is 0. The summed E-state index contributed by atoms with van der Waals surface area (Å²) in [4.78, 5) is 0.576. The predicted molar refractivity (Wildman–Crippen MR) is 60.4 cm³/mol. The monoisotopic (exact) mass is 256 g/mol. The van der Waals surface area contributed by atoms with Crippen LogP contribution >= 0.6 is 15.9 Å². The lowest BCUT2D eigenvalue weighted by Crippen LogP contribution is -2.06. The Labute approximate surface area is 92.6 Å². The zero-order chi connectivity index (χ0) is 10.1. The van der Waals surface area contributed by atoms with Gasteiger partial charge in [-0.1, -0.05) is 28.4 Å². The number of halogens is 2. The molecule has 1 aliphatic carbocycles. The second-order valence-electron chi connectivity index (χ2n) is 4.05. The van der Waals surface area contributed by atoms with Gasteiger partial charge in [0.15, 0.2) is 0 Å². The van der Waals surface area contributed by atoms with Gasteiger partial charge in [0.1, 0.15) is 5.82 Å². The van der Waals surface area contributed by atoms with Crippen molar-refractivity contribution in [2.24, 2.45) is 0 Å². The maximum atomic E-state index is 12.9. The van der Waals surface area contributed by atoms with E-state index in [4.69, 9.17) is 0 Å². The predicted octanol–water partition coefficient (Wildman–Crippen LogP) is 4.17. The fourth-order valence-corrected chi connectivity index (χ4v) is 3.19. The standard InChI is InChI=1S/C12H14BrF/c1-8-7-9(14)5-6-10(8)11-3-2-4-12(11)13/h5-7,11-12H,2-4H2,1H3. The molecular weight excluding hydrogens is 243 g/mol. The van der Waals surface area contributed by atoms with Gasteiger partial charge in [0.2, 0.25) is 0 Å². The Balaban J connectivity index is 2.31. The normalized spacial score (nSPS) is 26.8. The first-order valence-electron chi connectivity index (χ1n) is 5.08. The number of alkyl halides is 1. The van der Waals surface area contributed by atoms with Crippen LogP contribution in [-0.4, -0.2) is 4.83 Å². The minimum absolute atomic E-state index is 0.129. The summed E-state index contributed by atoms with van der Waals surface area (Å²) in [5.41, 5.74) is 2.40. The summed E-state index contributed by atoms with van der Waals surface area (Å²) in [5.74, 6) is 0.450. The van der Waals surface area contributed by atoms with Crippen LogP contribution in [0.3, 0.4) is 0 Å². The number of aryl methyl sites for hydroxylation is 1. The molecular formula is C12H14BrF. The SMILES string of the molecule is Cc1cc(F)ccc1C1CCCC1Br. The van der Waals surface area contributed by atoms with E-state index in [1.165, 1.54) is 24.8 Å². The zero-order valence-corrected chi connectivity index (χ0v) is 9.85. The van der Waals surface area contributed by atoms with E-state index in [-0.39, 0.29) is 5.82 Å². The van der Waals surface area contributed by atoms with Crippen molar-refractivity contribution < 1.29 is 4.39 Å².